The number of carbonyl (C=O) groups is 1. The van der Waals surface area contributed by atoms with Gasteiger partial charge in [-0.2, -0.15) is 0 Å². The molecular formula is C13H9BrO. The number of halogens is 1. The number of fused-ring (bicyclic) bond motifs is 3. The molecule has 74 valence electrons. The molecule has 0 radical (unpaired) electrons. The number of carbonyl (C=O) groups excluding carboxylic acids is 1. The lowest BCUT2D eigenvalue weighted by molar-refractivity contribution is 0.104. The van der Waals surface area contributed by atoms with E-state index in [9.17, 15) is 4.79 Å². The Hall–Kier alpha value is -1.41. The number of rotatable bonds is 0. The second-order valence-corrected chi connectivity index (χ2v) is 3.42. The highest BCUT2D eigenvalue weighted by molar-refractivity contribution is 8.93. The van der Waals surface area contributed by atoms with Gasteiger partial charge in [0.15, 0.2) is 5.78 Å². The molecule has 3 rings (SSSR count). The van der Waals surface area contributed by atoms with Crippen molar-refractivity contribution >= 4 is 22.8 Å². The second kappa shape index (κ2) is 3.63. The van der Waals surface area contributed by atoms with Gasteiger partial charge >= 0.3 is 0 Å². The Kier molecular flexibility index (Phi) is 2.45. The zero-order chi connectivity index (χ0) is 9.54. The molecule has 0 unspecified atom stereocenters. The van der Waals surface area contributed by atoms with E-state index in [0.29, 0.717) is 0 Å². The van der Waals surface area contributed by atoms with Crippen LogP contribution in [0.2, 0.25) is 0 Å². The van der Waals surface area contributed by atoms with Crippen molar-refractivity contribution in [3.8, 4) is 11.1 Å². The lowest BCUT2D eigenvalue weighted by Gasteiger charge is -1.96. The van der Waals surface area contributed by atoms with Crippen LogP contribution in [0.3, 0.4) is 0 Å². The van der Waals surface area contributed by atoms with Crippen LogP contribution in [0.15, 0.2) is 48.5 Å². The van der Waals surface area contributed by atoms with Crippen LogP contribution >= 0.6 is 17.0 Å². The van der Waals surface area contributed by atoms with Crippen LogP contribution in [0.25, 0.3) is 11.1 Å². The van der Waals surface area contributed by atoms with E-state index in [1.807, 2.05) is 48.5 Å². The Morgan fingerprint density at radius 3 is 1.33 bits per heavy atom. The summed E-state index contributed by atoms with van der Waals surface area (Å²) in [6, 6.07) is 15.5. The van der Waals surface area contributed by atoms with Crippen LogP contribution in [0, 0.1) is 0 Å². The molecule has 1 nitrogen and oxygen atoms in total. The summed E-state index contributed by atoms with van der Waals surface area (Å²) in [5, 5.41) is 0. The molecule has 0 saturated heterocycles. The molecule has 1 aliphatic carbocycles. The van der Waals surface area contributed by atoms with Gasteiger partial charge in [-0.1, -0.05) is 48.5 Å². The molecule has 0 N–H and O–H groups in total. The highest BCUT2D eigenvalue weighted by atomic mass is 79.9. The molecule has 0 saturated carbocycles. The minimum absolute atomic E-state index is 0. The molecule has 0 heterocycles. The van der Waals surface area contributed by atoms with E-state index in [1.54, 1.807) is 0 Å². The van der Waals surface area contributed by atoms with E-state index in [-0.39, 0.29) is 22.8 Å². The SMILES string of the molecule is Br.O=C1c2ccccc2-c2ccccc21. The average molecular weight is 261 g/mol. The van der Waals surface area contributed by atoms with Crippen molar-refractivity contribution in [1.29, 1.82) is 0 Å². The molecule has 0 spiro atoms. The van der Waals surface area contributed by atoms with E-state index in [2.05, 4.69) is 0 Å². The Bertz CT molecular complexity index is 484. The van der Waals surface area contributed by atoms with E-state index in [4.69, 9.17) is 0 Å². The molecule has 0 amide bonds. The van der Waals surface area contributed by atoms with E-state index in [0.717, 1.165) is 22.3 Å². The molecule has 2 aromatic carbocycles. The number of hydrogen-bond acceptors (Lipinski definition) is 1. The van der Waals surface area contributed by atoms with E-state index in [1.165, 1.54) is 0 Å². The predicted octanol–water partition coefficient (Wildman–Crippen LogP) is 3.48. The minimum atomic E-state index is 0. The molecule has 0 atom stereocenters. The monoisotopic (exact) mass is 260 g/mol. The summed E-state index contributed by atoms with van der Waals surface area (Å²) in [5.74, 6) is 0.149. The molecule has 0 aliphatic heterocycles. The highest BCUT2D eigenvalue weighted by Gasteiger charge is 2.24. The van der Waals surface area contributed by atoms with Gasteiger partial charge in [-0.3, -0.25) is 4.79 Å². The first-order chi connectivity index (χ1) is 6.88. The first-order valence-corrected chi connectivity index (χ1v) is 4.61. The van der Waals surface area contributed by atoms with Crippen molar-refractivity contribution in [3.05, 3.63) is 59.7 Å². The largest absolute Gasteiger partial charge is 0.289 e. The third-order valence-electron chi connectivity index (χ3n) is 2.63. The van der Waals surface area contributed by atoms with E-state index < -0.39 is 0 Å². The number of ketones is 1. The summed E-state index contributed by atoms with van der Waals surface area (Å²) in [6.07, 6.45) is 0. The Balaban J connectivity index is 0.000000853. The third kappa shape index (κ3) is 1.33. The van der Waals surface area contributed by atoms with Gasteiger partial charge in [0.05, 0.1) is 0 Å². The molecule has 0 fully saturated rings. The summed E-state index contributed by atoms with van der Waals surface area (Å²) < 4.78 is 0. The Labute approximate surface area is 98.5 Å². The highest BCUT2D eigenvalue weighted by Crippen LogP contribution is 2.35. The van der Waals surface area contributed by atoms with Gasteiger partial charge in [0.2, 0.25) is 0 Å². The summed E-state index contributed by atoms with van der Waals surface area (Å²) in [7, 11) is 0. The molecule has 1 aliphatic rings. The molecule has 2 heteroatoms. The second-order valence-electron chi connectivity index (χ2n) is 3.42. The quantitative estimate of drug-likeness (QED) is 0.605. The van der Waals surface area contributed by atoms with Crippen LogP contribution in [0.4, 0.5) is 0 Å². The maximum absolute atomic E-state index is 11.9. The Morgan fingerprint density at radius 2 is 0.933 bits per heavy atom. The van der Waals surface area contributed by atoms with Crippen molar-refractivity contribution in [3.63, 3.8) is 0 Å². The van der Waals surface area contributed by atoms with Crippen LogP contribution in [0.5, 0.6) is 0 Å². The predicted molar refractivity (Wildman–Crippen MR) is 65.6 cm³/mol. The van der Waals surface area contributed by atoms with Crippen LogP contribution < -0.4 is 0 Å². The van der Waals surface area contributed by atoms with Crippen molar-refractivity contribution in [2.45, 2.75) is 0 Å². The lowest BCUT2D eigenvalue weighted by atomic mass is 10.1. The van der Waals surface area contributed by atoms with E-state index >= 15 is 0 Å². The number of hydrogen-bond donors (Lipinski definition) is 0. The fourth-order valence-corrected chi connectivity index (χ4v) is 1.98. The zero-order valence-electron chi connectivity index (χ0n) is 7.94. The van der Waals surface area contributed by atoms with Crippen LogP contribution in [-0.4, -0.2) is 5.78 Å². The molecule has 0 bridgehead atoms. The van der Waals surface area contributed by atoms with Crippen LogP contribution in [0.1, 0.15) is 15.9 Å². The molecule has 0 aromatic heterocycles. The fourth-order valence-electron chi connectivity index (χ4n) is 1.98. The maximum Gasteiger partial charge on any atom is 0.194 e. The number of benzene rings is 2. The molecule has 2 aromatic rings. The maximum atomic E-state index is 11.9. The standard InChI is InChI=1S/C13H8O.BrH/c14-13-11-7-3-1-5-9(11)10-6-2-4-8-12(10)13;/h1-8H;1H. The first-order valence-electron chi connectivity index (χ1n) is 4.61. The van der Waals surface area contributed by atoms with Gasteiger partial charge in [0.1, 0.15) is 0 Å². The Morgan fingerprint density at radius 1 is 0.600 bits per heavy atom. The summed E-state index contributed by atoms with van der Waals surface area (Å²) in [4.78, 5) is 11.9. The van der Waals surface area contributed by atoms with Crippen molar-refractivity contribution in [2.75, 3.05) is 0 Å². The van der Waals surface area contributed by atoms with Crippen molar-refractivity contribution in [1.82, 2.24) is 0 Å². The van der Waals surface area contributed by atoms with Gasteiger partial charge in [-0.05, 0) is 11.1 Å². The third-order valence-corrected chi connectivity index (χ3v) is 2.63. The molecule has 15 heavy (non-hydrogen) atoms. The van der Waals surface area contributed by atoms with Gasteiger partial charge in [0.25, 0.3) is 0 Å². The van der Waals surface area contributed by atoms with Gasteiger partial charge in [0, 0.05) is 11.1 Å². The molecular weight excluding hydrogens is 252 g/mol. The van der Waals surface area contributed by atoms with Gasteiger partial charge in [-0.25, -0.2) is 0 Å². The summed E-state index contributed by atoms with van der Waals surface area (Å²) in [5.41, 5.74) is 3.78. The first kappa shape index (κ1) is 10.1. The fraction of sp³-hybridized carbons (Fsp3) is 0. The average Bonchev–Trinajstić information content (AvgIpc) is 2.55. The van der Waals surface area contributed by atoms with Crippen molar-refractivity contribution in [2.24, 2.45) is 0 Å². The topological polar surface area (TPSA) is 17.1 Å². The van der Waals surface area contributed by atoms with Gasteiger partial charge < -0.3 is 0 Å². The summed E-state index contributed by atoms with van der Waals surface area (Å²) in [6.45, 7) is 0. The van der Waals surface area contributed by atoms with Crippen LogP contribution in [-0.2, 0) is 0 Å². The smallest absolute Gasteiger partial charge is 0.194 e. The van der Waals surface area contributed by atoms with Crippen molar-refractivity contribution < 1.29 is 4.79 Å². The summed E-state index contributed by atoms with van der Waals surface area (Å²) >= 11 is 0. The van der Waals surface area contributed by atoms with Gasteiger partial charge in [-0.15, -0.1) is 17.0 Å². The minimum Gasteiger partial charge on any atom is -0.289 e. The normalized spacial score (nSPS) is 11.6. The zero-order valence-corrected chi connectivity index (χ0v) is 9.65. The lowest BCUT2D eigenvalue weighted by Crippen LogP contribution is -1.93.